The summed E-state index contributed by atoms with van der Waals surface area (Å²) >= 11 is 0. The summed E-state index contributed by atoms with van der Waals surface area (Å²) in [6.07, 6.45) is 94.0. The summed E-state index contributed by atoms with van der Waals surface area (Å²) in [6, 6.07) is 0. The monoisotopic (exact) mass is 1120 g/mol. The van der Waals surface area contributed by atoms with Gasteiger partial charge in [0.2, 0.25) is 0 Å². The minimum Gasteiger partial charge on any atom is -0.462 e. The predicted molar refractivity (Wildman–Crippen MR) is 353 cm³/mol. The van der Waals surface area contributed by atoms with Crippen LogP contribution in [0.5, 0.6) is 0 Å². The number of esters is 3. The van der Waals surface area contributed by atoms with Crippen molar-refractivity contribution in [3.63, 3.8) is 0 Å². The van der Waals surface area contributed by atoms with E-state index < -0.39 is 12.1 Å². The number of allylic oxidation sites excluding steroid dienone is 18. The van der Waals surface area contributed by atoms with Crippen LogP contribution in [0.4, 0.5) is 0 Å². The lowest BCUT2D eigenvalue weighted by molar-refractivity contribution is -0.166. The van der Waals surface area contributed by atoms with Crippen LogP contribution in [0.3, 0.4) is 0 Å². The van der Waals surface area contributed by atoms with E-state index in [9.17, 15) is 14.4 Å². The van der Waals surface area contributed by atoms with Gasteiger partial charge in [-0.2, -0.15) is 0 Å². The molecule has 0 aromatic carbocycles. The first kappa shape index (κ1) is 77.1. The van der Waals surface area contributed by atoms with Crippen LogP contribution in [-0.4, -0.2) is 37.2 Å². The van der Waals surface area contributed by atoms with E-state index in [1.165, 1.54) is 199 Å². The molecule has 1 unspecified atom stereocenters. The zero-order valence-electron chi connectivity index (χ0n) is 53.3. The molecular weight excluding hydrogens is 997 g/mol. The van der Waals surface area contributed by atoms with Gasteiger partial charge in [-0.1, -0.05) is 304 Å². The van der Waals surface area contributed by atoms with Crippen molar-refractivity contribution in [1.82, 2.24) is 0 Å². The van der Waals surface area contributed by atoms with Gasteiger partial charge in [0.15, 0.2) is 6.10 Å². The molecule has 1 atom stereocenters. The number of hydrogen-bond acceptors (Lipinski definition) is 6. The van der Waals surface area contributed by atoms with Gasteiger partial charge in [-0.15, -0.1) is 0 Å². The van der Waals surface area contributed by atoms with Crippen molar-refractivity contribution in [3.05, 3.63) is 109 Å². The van der Waals surface area contributed by atoms with Gasteiger partial charge in [-0.05, 0) is 116 Å². The summed E-state index contributed by atoms with van der Waals surface area (Å²) in [7, 11) is 0. The molecule has 0 bridgehead atoms. The maximum atomic E-state index is 12.9. The zero-order valence-corrected chi connectivity index (χ0v) is 53.3. The molecule has 6 nitrogen and oxygen atoms in total. The summed E-state index contributed by atoms with van der Waals surface area (Å²) in [6.45, 7) is 6.47. The van der Waals surface area contributed by atoms with Crippen LogP contribution in [0.2, 0.25) is 0 Å². The summed E-state index contributed by atoms with van der Waals surface area (Å²) in [5, 5.41) is 0. The van der Waals surface area contributed by atoms with E-state index in [-0.39, 0.29) is 31.6 Å². The lowest BCUT2D eigenvalue weighted by atomic mass is 10.0. The summed E-state index contributed by atoms with van der Waals surface area (Å²) in [5.74, 6) is -0.987. The fourth-order valence-electron chi connectivity index (χ4n) is 9.61. The second-order valence-corrected chi connectivity index (χ2v) is 22.7. The average molecular weight is 1130 g/mol. The standard InChI is InChI=1S/C75H128O6/c1-4-7-10-13-16-19-22-25-28-31-34-35-36-37-38-39-42-44-47-50-53-56-59-62-65-68-74(77)80-71-72(81-75(78)69-66-63-60-57-54-51-48-45-41-33-30-27-24-21-18-15-12-9-6-3)70-79-73(76)67-64-61-58-55-52-49-46-43-40-32-29-26-23-20-17-14-11-8-5-2/h9,12,17-18,20-21,26-27,29-31,34,41,45,51,54,60,63,72H,4-8,10-11,13-16,19,22-25,28,32-33,35-40,42-44,46-50,52-53,55-59,61-62,64-71H2,1-3H3/b12-9-,20-17-,21-18-,29-26-,30-27-,34-31-,45-41-,54-51-,63-60-. The predicted octanol–water partition coefficient (Wildman–Crippen LogP) is 23.8. The highest BCUT2D eigenvalue weighted by atomic mass is 16.6. The molecule has 81 heavy (non-hydrogen) atoms. The van der Waals surface area contributed by atoms with Crippen molar-refractivity contribution in [1.29, 1.82) is 0 Å². The van der Waals surface area contributed by atoms with Crippen LogP contribution < -0.4 is 0 Å². The molecule has 0 amide bonds. The van der Waals surface area contributed by atoms with Crippen LogP contribution in [0, 0.1) is 0 Å². The molecule has 0 radical (unpaired) electrons. The number of ether oxygens (including phenoxy) is 3. The fraction of sp³-hybridized carbons (Fsp3) is 0.720. The van der Waals surface area contributed by atoms with Crippen molar-refractivity contribution in [2.75, 3.05) is 13.2 Å². The molecule has 0 aromatic rings. The number of rotatable bonds is 62. The molecule has 0 saturated carbocycles. The molecule has 0 aliphatic heterocycles. The van der Waals surface area contributed by atoms with Gasteiger partial charge in [0.25, 0.3) is 0 Å². The quantitative estimate of drug-likeness (QED) is 0.0261. The smallest absolute Gasteiger partial charge is 0.306 e. The minimum atomic E-state index is -0.824. The lowest BCUT2D eigenvalue weighted by Crippen LogP contribution is -2.30. The first-order chi connectivity index (χ1) is 40.0. The van der Waals surface area contributed by atoms with E-state index >= 15 is 0 Å². The third-order valence-electron chi connectivity index (χ3n) is 14.7. The molecule has 0 aromatic heterocycles. The molecule has 464 valence electrons. The molecule has 0 aliphatic carbocycles. The Morgan fingerprint density at radius 1 is 0.259 bits per heavy atom. The van der Waals surface area contributed by atoms with Crippen LogP contribution >= 0.6 is 0 Å². The Kier molecular flexibility index (Phi) is 65.2. The van der Waals surface area contributed by atoms with E-state index in [2.05, 4.69) is 124 Å². The first-order valence-electron chi connectivity index (χ1n) is 34.4. The summed E-state index contributed by atoms with van der Waals surface area (Å²) in [4.78, 5) is 38.4. The Balaban J connectivity index is 4.43. The molecule has 0 heterocycles. The highest BCUT2D eigenvalue weighted by molar-refractivity contribution is 5.71. The molecule has 6 heteroatoms. The second kappa shape index (κ2) is 68.6. The van der Waals surface area contributed by atoms with E-state index in [0.717, 1.165) is 83.5 Å². The fourth-order valence-corrected chi connectivity index (χ4v) is 9.61. The Labute approximate surface area is 501 Å². The Bertz CT molecular complexity index is 1620. The van der Waals surface area contributed by atoms with Crippen molar-refractivity contribution in [2.45, 2.75) is 335 Å². The maximum absolute atomic E-state index is 12.9. The molecule has 0 rings (SSSR count). The Hall–Kier alpha value is -3.93. The number of carbonyl (C=O) groups excluding carboxylic acids is 3. The molecule has 0 N–H and O–H groups in total. The highest BCUT2D eigenvalue weighted by Crippen LogP contribution is 2.16. The Morgan fingerprint density at radius 2 is 0.506 bits per heavy atom. The van der Waals surface area contributed by atoms with Crippen molar-refractivity contribution in [2.24, 2.45) is 0 Å². The molecule has 0 saturated heterocycles. The van der Waals surface area contributed by atoms with E-state index in [1.54, 1.807) is 0 Å². The Morgan fingerprint density at radius 3 is 0.840 bits per heavy atom. The summed E-state index contributed by atoms with van der Waals surface area (Å²) in [5.41, 5.74) is 0. The first-order valence-corrected chi connectivity index (χ1v) is 34.4. The number of hydrogen-bond donors (Lipinski definition) is 0. The van der Waals surface area contributed by atoms with E-state index in [1.807, 2.05) is 6.08 Å². The molecular formula is C75H128O6. The van der Waals surface area contributed by atoms with Gasteiger partial charge >= 0.3 is 17.9 Å². The van der Waals surface area contributed by atoms with Crippen LogP contribution in [0.1, 0.15) is 329 Å². The van der Waals surface area contributed by atoms with Crippen molar-refractivity contribution >= 4 is 17.9 Å². The van der Waals surface area contributed by atoms with Crippen molar-refractivity contribution in [3.8, 4) is 0 Å². The largest absolute Gasteiger partial charge is 0.462 e. The van der Waals surface area contributed by atoms with Gasteiger partial charge in [0.1, 0.15) is 13.2 Å². The lowest BCUT2D eigenvalue weighted by Gasteiger charge is -2.18. The maximum Gasteiger partial charge on any atom is 0.306 e. The minimum absolute atomic E-state index is 0.109. The molecule has 0 spiro atoms. The third-order valence-corrected chi connectivity index (χ3v) is 14.7. The highest BCUT2D eigenvalue weighted by Gasteiger charge is 2.19. The van der Waals surface area contributed by atoms with Gasteiger partial charge in [0, 0.05) is 19.3 Å². The van der Waals surface area contributed by atoms with E-state index in [4.69, 9.17) is 14.2 Å². The third kappa shape index (κ3) is 66.8. The van der Waals surface area contributed by atoms with Gasteiger partial charge in [0.05, 0.1) is 0 Å². The topological polar surface area (TPSA) is 78.9 Å². The van der Waals surface area contributed by atoms with Crippen LogP contribution in [0.15, 0.2) is 109 Å². The number of unbranched alkanes of at least 4 members (excludes halogenated alkanes) is 33. The van der Waals surface area contributed by atoms with Gasteiger partial charge < -0.3 is 14.2 Å². The van der Waals surface area contributed by atoms with E-state index in [0.29, 0.717) is 19.3 Å². The van der Waals surface area contributed by atoms with Crippen molar-refractivity contribution < 1.29 is 28.6 Å². The second-order valence-electron chi connectivity index (χ2n) is 22.7. The molecule has 0 fully saturated rings. The SMILES string of the molecule is CC/C=C\C/C=C\C/C=C\C/C=C\C/C=C\C/C=C\CCC(=O)OC(COC(=O)CCCCCCCCCCC/C=C\C/C=C\CCCCC)COC(=O)CCCCCCCCCCCCCCC/C=C\CCCCCCCCCC. The van der Waals surface area contributed by atoms with Gasteiger partial charge in [-0.3, -0.25) is 14.4 Å². The number of carbonyl (C=O) groups is 3. The van der Waals surface area contributed by atoms with Gasteiger partial charge in [-0.25, -0.2) is 0 Å². The normalized spacial score (nSPS) is 12.8. The molecule has 0 aliphatic rings. The zero-order chi connectivity index (χ0) is 58.5. The summed E-state index contributed by atoms with van der Waals surface area (Å²) < 4.78 is 16.9. The van der Waals surface area contributed by atoms with Crippen LogP contribution in [0.25, 0.3) is 0 Å². The van der Waals surface area contributed by atoms with Crippen LogP contribution in [-0.2, 0) is 28.6 Å². The average Bonchev–Trinajstić information content (AvgIpc) is 3.47.